The summed E-state index contributed by atoms with van der Waals surface area (Å²) in [6.07, 6.45) is 2.15. The third-order valence-electron chi connectivity index (χ3n) is 3.82. The van der Waals surface area contributed by atoms with Crippen molar-refractivity contribution in [2.24, 2.45) is 0 Å². The highest BCUT2D eigenvalue weighted by Crippen LogP contribution is 2.31. The highest BCUT2D eigenvalue weighted by Gasteiger charge is 2.34. The Hall–Kier alpha value is -2.37. The van der Waals surface area contributed by atoms with Crippen molar-refractivity contribution >= 4 is 11.6 Å². The van der Waals surface area contributed by atoms with Gasteiger partial charge >= 0.3 is 0 Å². The fraction of sp³-hybridized carbons (Fsp3) is 0.438. The molecule has 1 amide bonds. The molecule has 2 aromatic rings. The lowest BCUT2D eigenvalue weighted by Gasteiger charge is -2.16. The summed E-state index contributed by atoms with van der Waals surface area (Å²) in [6, 6.07) is 7.48. The first-order valence-corrected chi connectivity index (χ1v) is 7.48. The zero-order chi connectivity index (χ0) is 15.5. The number of nitrogens with zero attached hydrogens (tertiary/aromatic N) is 3. The molecule has 0 aliphatic carbocycles. The number of hydrogen-bond donors (Lipinski definition) is 0. The van der Waals surface area contributed by atoms with Gasteiger partial charge in [0.15, 0.2) is 5.82 Å². The summed E-state index contributed by atoms with van der Waals surface area (Å²) >= 11 is 0. The number of methoxy groups -OCH3 is 1. The molecule has 1 aliphatic heterocycles. The highest BCUT2D eigenvalue weighted by atomic mass is 16.5. The average Bonchev–Trinajstić information content (AvgIpc) is 3.14. The van der Waals surface area contributed by atoms with Crippen molar-refractivity contribution in [2.75, 3.05) is 18.6 Å². The summed E-state index contributed by atoms with van der Waals surface area (Å²) in [5.74, 6) is 2.12. The first-order chi connectivity index (χ1) is 10.7. The van der Waals surface area contributed by atoms with E-state index in [9.17, 15) is 4.79 Å². The van der Waals surface area contributed by atoms with Crippen molar-refractivity contribution in [3.63, 3.8) is 0 Å². The van der Waals surface area contributed by atoms with Crippen molar-refractivity contribution in [1.82, 2.24) is 10.1 Å². The zero-order valence-corrected chi connectivity index (χ0v) is 12.8. The van der Waals surface area contributed by atoms with Gasteiger partial charge in [-0.2, -0.15) is 4.98 Å². The number of amides is 1. The van der Waals surface area contributed by atoms with E-state index in [2.05, 4.69) is 17.1 Å². The van der Waals surface area contributed by atoms with Crippen LogP contribution in [0.15, 0.2) is 28.8 Å². The van der Waals surface area contributed by atoms with E-state index < -0.39 is 0 Å². The number of aryl methyl sites for hydroxylation is 1. The molecule has 1 aromatic carbocycles. The molecule has 0 bridgehead atoms. The molecule has 1 saturated heterocycles. The summed E-state index contributed by atoms with van der Waals surface area (Å²) in [7, 11) is 1.62. The molecule has 0 radical (unpaired) electrons. The smallest absolute Gasteiger partial charge is 0.227 e. The molecule has 6 nitrogen and oxygen atoms in total. The average molecular weight is 301 g/mol. The molecule has 1 fully saturated rings. The Balaban J connectivity index is 1.74. The first-order valence-electron chi connectivity index (χ1n) is 7.48. The maximum absolute atomic E-state index is 12.3. The Morgan fingerprint density at radius 3 is 2.82 bits per heavy atom. The van der Waals surface area contributed by atoms with Crippen LogP contribution >= 0.6 is 0 Å². The summed E-state index contributed by atoms with van der Waals surface area (Å²) in [4.78, 5) is 18.4. The van der Waals surface area contributed by atoms with Crippen LogP contribution in [-0.2, 0) is 11.2 Å². The predicted molar refractivity (Wildman–Crippen MR) is 81.0 cm³/mol. The van der Waals surface area contributed by atoms with Gasteiger partial charge in [-0.15, -0.1) is 0 Å². The molecule has 1 aliphatic rings. The number of aromatic nitrogens is 2. The third kappa shape index (κ3) is 2.81. The van der Waals surface area contributed by atoms with Crippen LogP contribution in [0.25, 0.3) is 0 Å². The molecule has 1 aromatic heterocycles. The van der Waals surface area contributed by atoms with Gasteiger partial charge in [-0.05, 0) is 30.7 Å². The monoisotopic (exact) mass is 301 g/mol. The van der Waals surface area contributed by atoms with Gasteiger partial charge < -0.3 is 14.2 Å². The molecule has 1 atom stereocenters. The third-order valence-corrected chi connectivity index (χ3v) is 3.82. The number of hydrogen-bond acceptors (Lipinski definition) is 5. The van der Waals surface area contributed by atoms with E-state index >= 15 is 0 Å². The summed E-state index contributed by atoms with van der Waals surface area (Å²) in [5.41, 5.74) is 0.866. The van der Waals surface area contributed by atoms with E-state index in [-0.39, 0.29) is 11.8 Å². The maximum Gasteiger partial charge on any atom is 0.227 e. The minimum absolute atomic E-state index is 0.0102. The van der Waals surface area contributed by atoms with E-state index in [0.717, 1.165) is 24.3 Å². The van der Waals surface area contributed by atoms with Gasteiger partial charge in [-0.25, -0.2) is 0 Å². The van der Waals surface area contributed by atoms with Crippen LogP contribution in [0.2, 0.25) is 0 Å². The van der Waals surface area contributed by atoms with Crippen LogP contribution in [0.5, 0.6) is 5.75 Å². The second-order valence-electron chi connectivity index (χ2n) is 5.40. The van der Waals surface area contributed by atoms with Crippen LogP contribution < -0.4 is 9.64 Å². The van der Waals surface area contributed by atoms with Crippen LogP contribution in [0.1, 0.15) is 37.4 Å². The largest absolute Gasteiger partial charge is 0.497 e. The van der Waals surface area contributed by atoms with Crippen molar-refractivity contribution in [2.45, 2.75) is 32.1 Å². The van der Waals surface area contributed by atoms with E-state index in [0.29, 0.717) is 24.7 Å². The van der Waals surface area contributed by atoms with Crippen molar-refractivity contribution in [1.29, 1.82) is 0 Å². The zero-order valence-electron chi connectivity index (χ0n) is 12.8. The Morgan fingerprint density at radius 1 is 1.36 bits per heavy atom. The second-order valence-corrected chi connectivity index (χ2v) is 5.40. The molecule has 6 heteroatoms. The van der Waals surface area contributed by atoms with Crippen LogP contribution in [0, 0.1) is 0 Å². The molecule has 0 saturated carbocycles. The number of rotatable bonds is 5. The Morgan fingerprint density at radius 2 is 2.14 bits per heavy atom. The molecule has 0 N–H and O–H groups in total. The lowest BCUT2D eigenvalue weighted by molar-refractivity contribution is -0.117. The molecular formula is C16H19N3O3. The summed E-state index contributed by atoms with van der Waals surface area (Å²) < 4.78 is 10.4. The van der Waals surface area contributed by atoms with Gasteiger partial charge in [-0.1, -0.05) is 12.1 Å². The molecule has 116 valence electrons. The quantitative estimate of drug-likeness (QED) is 0.849. The first kappa shape index (κ1) is 14.6. The minimum atomic E-state index is -0.0102. The van der Waals surface area contributed by atoms with Crippen molar-refractivity contribution < 1.29 is 14.1 Å². The van der Waals surface area contributed by atoms with E-state index in [1.807, 2.05) is 24.3 Å². The van der Waals surface area contributed by atoms with E-state index in [4.69, 9.17) is 9.26 Å². The topological polar surface area (TPSA) is 68.5 Å². The van der Waals surface area contributed by atoms with Crippen LogP contribution in [0.3, 0.4) is 0 Å². The minimum Gasteiger partial charge on any atom is -0.497 e. The van der Waals surface area contributed by atoms with Gasteiger partial charge in [0.1, 0.15) is 5.75 Å². The molecular weight excluding hydrogens is 282 g/mol. The van der Waals surface area contributed by atoms with Crippen molar-refractivity contribution in [3.8, 4) is 5.75 Å². The number of benzene rings is 1. The molecule has 0 unspecified atom stereocenters. The molecule has 2 heterocycles. The van der Waals surface area contributed by atoms with Crippen LogP contribution in [0.4, 0.5) is 5.69 Å². The fourth-order valence-corrected chi connectivity index (χ4v) is 2.64. The number of ether oxygens (including phenoxy) is 1. The normalized spacial score (nSPS) is 18.0. The SMILES string of the molecule is CCCc1nc([C@H]2CC(=O)N(c3ccc(OC)cc3)C2)no1. The number of anilines is 1. The van der Waals surface area contributed by atoms with Gasteiger partial charge in [0.05, 0.1) is 7.11 Å². The molecule has 22 heavy (non-hydrogen) atoms. The maximum atomic E-state index is 12.3. The predicted octanol–water partition coefficient (Wildman–Crippen LogP) is 2.55. The number of carbonyl (C=O) groups is 1. The fourth-order valence-electron chi connectivity index (χ4n) is 2.64. The highest BCUT2D eigenvalue weighted by molar-refractivity contribution is 5.96. The lowest BCUT2D eigenvalue weighted by atomic mass is 10.1. The van der Waals surface area contributed by atoms with Gasteiger partial charge in [-0.3, -0.25) is 4.79 Å². The second kappa shape index (κ2) is 6.17. The Labute approximate surface area is 129 Å². The molecule has 3 rings (SSSR count). The Bertz CT molecular complexity index is 651. The van der Waals surface area contributed by atoms with E-state index in [1.165, 1.54) is 0 Å². The van der Waals surface area contributed by atoms with Gasteiger partial charge in [0, 0.05) is 31.0 Å². The Kier molecular flexibility index (Phi) is 4.09. The lowest BCUT2D eigenvalue weighted by Crippen LogP contribution is -2.24. The van der Waals surface area contributed by atoms with Gasteiger partial charge in [0.2, 0.25) is 11.8 Å². The van der Waals surface area contributed by atoms with Gasteiger partial charge in [0.25, 0.3) is 0 Å². The molecule has 0 spiro atoms. The van der Waals surface area contributed by atoms with Crippen LogP contribution in [-0.4, -0.2) is 29.7 Å². The number of carbonyl (C=O) groups excluding carboxylic acids is 1. The van der Waals surface area contributed by atoms with E-state index in [1.54, 1.807) is 12.0 Å². The summed E-state index contributed by atoms with van der Waals surface area (Å²) in [6.45, 7) is 2.64. The summed E-state index contributed by atoms with van der Waals surface area (Å²) in [5, 5.41) is 4.02. The van der Waals surface area contributed by atoms with Crippen molar-refractivity contribution in [3.05, 3.63) is 36.0 Å². The standard InChI is InChI=1S/C16H19N3O3/c1-3-4-14-17-16(18-22-14)11-9-15(20)19(10-11)12-5-7-13(21-2)8-6-12/h5-8,11H,3-4,9-10H2,1-2H3/t11-/m0/s1.